The number of pyridine rings is 1. The molecule has 1 aliphatic carbocycles. The van der Waals surface area contributed by atoms with E-state index in [-0.39, 0.29) is 22.1 Å². The number of anilines is 1. The molecule has 3 aliphatic rings. The van der Waals surface area contributed by atoms with E-state index in [0.717, 1.165) is 58.5 Å². The number of hydrogen-bond donors (Lipinski definition) is 0. The first-order chi connectivity index (χ1) is 13.5. The van der Waals surface area contributed by atoms with Gasteiger partial charge in [-0.2, -0.15) is 0 Å². The van der Waals surface area contributed by atoms with Crippen LogP contribution in [0.4, 0.5) is 16.3 Å². The Labute approximate surface area is 164 Å². The Kier molecular flexibility index (Phi) is 5.09. The number of carbonyl (C=O) groups is 1. The predicted molar refractivity (Wildman–Crippen MR) is 103 cm³/mol. The fourth-order valence-corrected chi connectivity index (χ4v) is 4.96. The summed E-state index contributed by atoms with van der Waals surface area (Å²) in [6, 6.07) is 3.65. The van der Waals surface area contributed by atoms with E-state index < -0.39 is 0 Å². The number of rotatable bonds is 4. The van der Waals surface area contributed by atoms with Crippen LogP contribution in [-0.2, 0) is 4.74 Å². The van der Waals surface area contributed by atoms with Crippen LogP contribution in [0.5, 0.6) is 0 Å². The molecule has 1 spiro atoms. The van der Waals surface area contributed by atoms with Gasteiger partial charge >= 0.3 is 11.8 Å². The van der Waals surface area contributed by atoms with Crippen molar-refractivity contribution in [1.29, 1.82) is 0 Å². The predicted octanol–water partition coefficient (Wildman–Crippen LogP) is 2.12. The maximum absolute atomic E-state index is 11.8. The number of likely N-dealkylation sites (tertiary alicyclic amines) is 1. The molecule has 0 bridgehead atoms. The number of aromatic nitrogens is 1. The Balaban J connectivity index is 1.30. The molecule has 9 heteroatoms. The van der Waals surface area contributed by atoms with Crippen molar-refractivity contribution in [3.63, 3.8) is 0 Å². The van der Waals surface area contributed by atoms with Gasteiger partial charge in [-0.15, -0.1) is 0 Å². The number of carbonyl (C=O) groups excluding carboxylic acids is 1. The van der Waals surface area contributed by atoms with E-state index in [9.17, 15) is 14.9 Å². The molecule has 0 radical (unpaired) electrons. The Hall–Kier alpha value is -2.42. The van der Waals surface area contributed by atoms with Gasteiger partial charge in [0, 0.05) is 63.0 Å². The highest BCUT2D eigenvalue weighted by Gasteiger charge is 2.51. The van der Waals surface area contributed by atoms with Crippen LogP contribution in [-0.4, -0.2) is 77.7 Å². The van der Waals surface area contributed by atoms with Gasteiger partial charge in [-0.05, 0) is 32.3 Å². The molecule has 28 heavy (non-hydrogen) atoms. The summed E-state index contributed by atoms with van der Waals surface area (Å²) in [6.45, 7) is 7.13. The van der Waals surface area contributed by atoms with Gasteiger partial charge in [-0.1, -0.05) is 0 Å². The van der Waals surface area contributed by atoms with E-state index in [1.54, 1.807) is 12.3 Å². The van der Waals surface area contributed by atoms with E-state index in [2.05, 4.69) is 9.88 Å². The second-order valence-corrected chi connectivity index (χ2v) is 8.08. The molecule has 4 rings (SSSR count). The first-order valence-electron chi connectivity index (χ1n) is 10.0. The van der Waals surface area contributed by atoms with Crippen molar-refractivity contribution in [3.8, 4) is 0 Å². The highest BCUT2D eigenvalue weighted by molar-refractivity contribution is 5.69. The zero-order valence-electron chi connectivity index (χ0n) is 16.2. The third-order valence-corrected chi connectivity index (χ3v) is 6.35. The van der Waals surface area contributed by atoms with E-state index in [4.69, 9.17) is 4.74 Å². The van der Waals surface area contributed by atoms with Crippen LogP contribution in [0, 0.1) is 15.5 Å². The first-order valence-corrected chi connectivity index (χ1v) is 10.0. The molecule has 0 aromatic carbocycles. The van der Waals surface area contributed by atoms with Crippen LogP contribution in [0.25, 0.3) is 0 Å². The third kappa shape index (κ3) is 3.50. The highest BCUT2D eigenvalue weighted by Crippen LogP contribution is 2.47. The van der Waals surface area contributed by atoms with Gasteiger partial charge in [-0.3, -0.25) is 15.0 Å². The second kappa shape index (κ2) is 7.54. The minimum atomic E-state index is -0.360. The summed E-state index contributed by atoms with van der Waals surface area (Å²) in [6.07, 6.45) is 4.84. The Morgan fingerprint density at radius 3 is 2.79 bits per heavy atom. The number of piperazine rings is 1. The monoisotopic (exact) mass is 389 g/mol. The molecule has 1 amide bonds. The smallest absolute Gasteiger partial charge is 0.409 e. The third-order valence-electron chi connectivity index (χ3n) is 6.35. The fourth-order valence-electron chi connectivity index (χ4n) is 4.96. The molecule has 1 aromatic heterocycles. The lowest BCUT2D eigenvalue weighted by Gasteiger charge is -2.48. The number of hydrogen-bond acceptors (Lipinski definition) is 7. The van der Waals surface area contributed by atoms with Crippen LogP contribution in [0.15, 0.2) is 18.3 Å². The first kappa shape index (κ1) is 18.9. The van der Waals surface area contributed by atoms with Gasteiger partial charge < -0.3 is 14.5 Å². The van der Waals surface area contributed by atoms with Crippen LogP contribution in [0.3, 0.4) is 0 Å². The molecule has 0 N–H and O–H groups in total. The van der Waals surface area contributed by atoms with Gasteiger partial charge in [0.05, 0.1) is 11.5 Å². The quantitative estimate of drug-likeness (QED) is 0.575. The van der Waals surface area contributed by atoms with Crippen LogP contribution in [0.2, 0.25) is 0 Å². The number of nitro groups is 1. The van der Waals surface area contributed by atoms with E-state index in [1.165, 1.54) is 6.07 Å². The SMILES string of the molecule is CCOC(=O)N1CC2(CC[C@@H](N3CCN(c4ncccc4[N+](=O)[O-])CC3)C2)C1. The average Bonchev–Trinajstić information content (AvgIpc) is 3.13. The summed E-state index contributed by atoms with van der Waals surface area (Å²) in [5, 5.41) is 11.3. The van der Waals surface area contributed by atoms with Gasteiger partial charge in [-0.25, -0.2) is 9.78 Å². The molecule has 2 aliphatic heterocycles. The Morgan fingerprint density at radius 1 is 1.36 bits per heavy atom. The van der Waals surface area contributed by atoms with Crippen molar-refractivity contribution >= 4 is 17.6 Å². The Morgan fingerprint density at radius 2 is 2.11 bits per heavy atom. The van der Waals surface area contributed by atoms with Crippen molar-refractivity contribution in [1.82, 2.24) is 14.8 Å². The lowest BCUT2D eigenvalue weighted by atomic mass is 9.78. The molecule has 152 valence electrons. The van der Waals surface area contributed by atoms with Crippen LogP contribution < -0.4 is 4.90 Å². The average molecular weight is 389 g/mol. The summed E-state index contributed by atoms with van der Waals surface area (Å²) >= 11 is 0. The summed E-state index contributed by atoms with van der Waals surface area (Å²) in [4.78, 5) is 33.3. The number of amides is 1. The van der Waals surface area contributed by atoms with E-state index in [0.29, 0.717) is 18.5 Å². The standard InChI is InChI=1S/C19H27N5O4/c1-2-28-18(25)23-13-19(14-23)6-5-15(12-19)21-8-10-22(11-9-21)17-16(24(26)27)4-3-7-20-17/h3-4,7,15H,2,5-6,8-14H2,1H3/t15-/m1/s1. The Bertz CT molecular complexity index is 744. The zero-order chi connectivity index (χ0) is 19.7. The van der Waals surface area contributed by atoms with Gasteiger partial charge in [0.25, 0.3) is 0 Å². The van der Waals surface area contributed by atoms with Crippen LogP contribution >= 0.6 is 0 Å². The molecule has 9 nitrogen and oxygen atoms in total. The number of ether oxygens (including phenoxy) is 1. The molecule has 3 heterocycles. The largest absolute Gasteiger partial charge is 0.450 e. The lowest BCUT2D eigenvalue weighted by Crippen LogP contribution is -2.58. The van der Waals surface area contributed by atoms with Crippen molar-refractivity contribution in [2.75, 3.05) is 50.8 Å². The number of nitrogens with zero attached hydrogens (tertiary/aromatic N) is 5. The molecule has 1 aromatic rings. The lowest BCUT2D eigenvalue weighted by molar-refractivity contribution is -0.384. The summed E-state index contributed by atoms with van der Waals surface area (Å²) in [7, 11) is 0. The maximum Gasteiger partial charge on any atom is 0.409 e. The maximum atomic E-state index is 11.8. The normalized spacial score (nSPS) is 24.2. The van der Waals surface area contributed by atoms with Crippen molar-refractivity contribution in [3.05, 3.63) is 28.4 Å². The molecule has 1 atom stereocenters. The van der Waals surface area contributed by atoms with Gasteiger partial charge in [0.2, 0.25) is 5.82 Å². The van der Waals surface area contributed by atoms with Crippen molar-refractivity contribution in [2.45, 2.75) is 32.2 Å². The zero-order valence-corrected chi connectivity index (χ0v) is 16.2. The minimum Gasteiger partial charge on any atom is -0.450 e. The molecular formula is C19H27N5O4. The van der Waals surface area contributed by atoms with Gasteiger partial charge in [0.15, 0.2) is 0 Å². The summed E-state index contributed by atoms with van der Waals surface area (Å²) in [5.41, 5.74) is 0.332. The summed E-state index contributed by atoms with van der Waals surface area (Å²) < 4.78 is 5.09. The topological polar surface area (TPSA) is 92.1 Å². The van der Waals surface area contributed by atoms with E-state index >= 15 is 0 Å². The molecule has 2 saturated heterocycles. The van der Waals surface area contributed by atoms with Gasteiger partial charge in [0.1, 0.15) is 0 Å². The molecule has 1 saturated carbocycles. The second-order valence-electron chi connectivity index (χ2n) is 8.08. The molecule has 3 fully saturated rings. The fraction of sp³-hybridized carbons (Fsp3) is 0.684. The molecular weight excluding hydrogens is 362 g/mol. The van der Waals surface area contributed by atoms with Crippen molar-refractivity contribution in [2.24, 2.45) is 5.41 Å². The van der Waals surface area contributed by atoms with E-state index in [1.807, 2.05) is 16.7 Å². The van der Waals surface area contributed by atoms with Crippen LogP contribution in [0.1, 0.15) is 26.2 Å². The van der Waals surface area contributed by atoms with Crippen molar-refractivity contribution < 1.29 is 14.5 Å². The molecule has 0 unspecified atom stereocenters. The highest BCUT2D eigenvalue weighted by atomic mass is 16.6. The minimum absolute atomic E-state index is 0.0734. The summed E-state index contributed by atoms with van der Waals surface area (Å²) in [5.74, 6) is 0.471.